The molecule has 1 heterocycles. The van der Waals surface area contributed by atoms with E-state index in [1.165, 1.54) is 19.2 Å². The van der Waals surface area contributed by atoms with Crippen LogP contribution in [0.25, 0.3) is 0 Å². The molecule has 6 nitrogen and oxygen atoms in total. The average Bonchev–Trinajstić information content (AvgIpc) is 2.55. The normalized spacial score (nSPS) is 16.9. The maximum atomic E-state index is 12.7. The highest BCUT2D eigenvalue weighted by Gasteiger charge is 2.23. The molecule has 0 aliphatic carbocycles. The Hall–Kier alpha value is -1.44. The van der Waals surface area contributed by atoms with Crippen molar-refractivity contribution >= 4 is 15.9 Å². The number of likely N-dealkylation sites (tertiary alicyclic amines) is 1. The van der Waals surface area contributed by atoms with Gasteiger partial charge < -0.3 is 9.64 Å². The van der Waals surface area contributed by atoms with E-state index in [-0.39, 0.29) is 23.5 Å². The zero-order chi connectivity index (χ0) is 17.7. The summed E-state index contributed by atoms with van der Waals surface area (Å²) in [6, 6.07) is 4.35. The summed E-state index contributed by atoms with van der Waals surface area (Å²) in [5.74, 6) is -0.0887. The molecule has 1 aromatic rings. The van der Waals surface area contributed by atoms with Crippen molar-refractivity contribution in [3.63, 3.8) is 0 Å². The van der Waals surface area contributed by atoms with Crippen molar-refractivity contribution in [2.75, 3.05) is 26.8 Å². The molecule has 7 heteroatoms. The van der Waals surface area contributed by atoms with E-state index in [9.17, 15) is 13.2 Å². The number of hydrogen-bond donors (Lipinski definition) is 1. The molecule has 0 unspecified atom stereocenters. The lowest BCUT2D eigenvalue weighted by atomic mass is 10.1. The number of hydrogen-bond acceptors (Lipinski definition) is 4. The Bertz CT molecular complexity index is 682. The van der Waals surface area contributed by atoms with Crippen molar-refractivity contribution in [1.29, 1.82) is 0 Å². The van der Waals surface area contributed by atoms with Crippen molar-refractivity contribution in [2.45, 2.75) is 44.0 Å². The molecule has 1 aliphatic rings. The molecule has 2 rings (SSSR count). The summed E-state index contributed by atoms with van der Waals surface area (Å²) in [6.45, 7) is 5.31. The van der Waals surface area contributed by atoms with E-state index in [1.54, 1.807) is 13.0 Å². The Morgan fingerprint density at radius 2 is 1.96 bits per heavy atom. The van der Waals surface area contributed by atoms with Crippen molar-refractivity contribution in [2.24, 2.45) is 0 Å². The highest BCUT2D eigenvalue weighted by atomic mass is 32.2. The molecular formula is C17H26N2O4S. The Kier molecular flexibility index (Phi) is 6.37. The lowest BCUT2D eigenvalue weighted by Crippen LogP contribution is -2.37. The van der Waals surface area contributed by atoms with Crippen LogP contribution in [0.1, 0.15) is 42.1 Å². The fraction of sp³-hybridized carbons (Fsp3) is 0.588. The number of aryl methyl sites for hydroxylation is 1. The van der Waals surface area contributed by atoms with Crippen LogP contribution in [0, 0.1) is 6.92 Å². The number of carbonyl (C=O) groups excluding carboxylic acids is 1. The van der Waals surface area contributed by atoms with Crippen LogP contribution < -0.4 is 4.72 Å². The third-order valence-electron chi connectivity index (χ3n) is 4.17. The molecule has 0 radical (unpaired) electrons. The van der Waals surface area contributed by atoms with Crippen LogP contribution in [-0.4, -0.2) is 52.1 Å². The molecule has 1 fully saturated rings. The molecule has 1 aliphatic heterocycles. The van der Waals surface area contributed by atoms with Crippen LogP contribution in [0.5, 0.6) is 0 Å². The molecular weight excluding hydrogens is 328 g/mol. The number of nitrogens with zero attached hydrogens (tertiary/aromatic N) is 1. The van der Waals surface area contributed by atoms with E-state index in [1.807, 2.05) is 11.8 Å². The Morgan fingerprint density at radius 1 is 1.29 bits per heavy atom. The van der Waals surface area contributed by atoms with Gasteiger partial charge in [-0.1, -0.05) is 6.07 Å². The monoisotopic (exact) mass is 354 g/mol. The largest absolute Gasteiger partial charge is 0.383 e. The molecule has 1 atom stereocenters. The summed E-state index contributed by atoms with van der Waals surface area (Å²) in [5, 5.41) is 0. The third kappa shape index (κ3) is 4.55. The van der Waals surface area contributed by atoms with Crippen molar-refractivity contribution < 1.29 is 17.9 Å². The Morgan fingerprint density at radius 3 is 2.58 bits per heavy atom. The Labute approximate surface area is 144 Å². The van der Waals surface area contributed by atoms with Gasteiger partial charge in [-0.2, -0.15) is 0 Å². The number of amides is 1. The van der Waals surface area contributed by atoms with E-state index >= 15 is 0 Å². The van der Waals surface area contributed by atoms with Crippen molar-refractivity contribution in [3.05, 3.63) is 29.3 Å². The summed E-state index contributed by atoms with van der Waals surface area (Å²) in [5.41, 5.74) is 1.24. The summed E-state index contributed by atoms with van der Waals surface area (Å²) in [4.78, 5) is 14.6. The van der Waals surface area contributed by atoms with Crippen LogP contribution in [0.15, 0.2) is 23.1 Å². The molecule has 1 amide bonds. The number of piperidine rings is 1. The van der Waals surface area contributed by atoms with Gasteiger partial charge in [0.05, 0.1) is 11.5 Å². The molecule has 134 valence electrons. The van der Waals surface area contributed by atoms with E-state index in [0.29, 0.717) is 5.56 Å². The summed E-state index contributed by atoms with van der Waals surface area (Å²) in [6.07, 6.45) is 3.14. The number of rotatable bonds is 6. The zero-order valence-corrected chi connectivity index (χ0v) is 15.4. The standard InChI is InChI=1S/C17H26N2O4S/c1-13-7-8-15(24(21,22)18-14(2)12-23-3)11-16(13)17(20)19-9-5-4-6-10-19/h7-8,11,14,18H,4-6,9-10,12H2,1-3H3/t14-/m1/s1. The summed E-state index contributed by atoms with van der Waals surface area (Å²) in [7, 11) is -2.17. The van der Waals surface area contributed by atoms with E-state index in [4.69, 9.17) is 4.74 Å². The number of benzene rings is 1. The first-order valence-electron chi connectivity index (χ1n) is 8.26. The van der Waals surface area contributed by atoms with E-state index in [2.05, 4.69) is 4.72 Å². The van der Waals surface area contributed by atoms with Gasteiger partial charge in [-0.3, -0.25) is 4.79 Å². The van der Waals surface area contributed by atoms with Crippen LogP contribution in [0.4, 0.5) is 0 Å². The van der Waals surface area contributed by atoms with Gasteiger partial charge in [0.1, 0.15) is 0 Å². The predicted octanol–water partition coefficient (Wildman–Crippen LogP) is 1.93. The molecule has 0 bridgehead atoms. The van der Waals surface area contributed by atoms with Gasteiger partial charge >= 0.3 is 0 Å². The molecule has 0 aromatic heterocycles. The summed E-state index contributed by atoms with van der Waals surface area (Å²) >= 11 is 0. The van der Waals surface area contributed by atoms with Crippen LogP contribution in [-0.2, 0) is 14.8 Å². The van der Waals surface area contributed by atoms with Gasteiger partial charge in [-0.25, -0.2) is 13.1 Å². The minimum atomic E-state index is -3.69. The lowest BCUT2D eigenvalue weighted by molar-refractivity contribution is 0.0723. The maximum absolute atomic E-state index is 12.7. The number of methoxy groups -OCH3 is 1. The second kappa shape index (κ2) is 8.09. The fourth-order valence-electron chi connectivity index (χ4n) is 2.88. The zero-order valence-electron chi connectivity index (χ0n) is 14.5. The second-order valence-corrected chi connectivity index (χ2v) is 8.02. The van der Waals surface area contributed by atoms with Gasteiger partial charge in [-0.05, 0) is 50.8 Å². The molecule has 0 spiro atoms. The second-order valence-electron chi connectivity index (χ2n) is 6.31. The minimum Gasteiger partial charge on any atom is -0.383 e. The first-order chi connectivity index (χ1) is 11.3. The first-order valence-corrected chi connectivity index (χ1v) is 9.74. The number of carbonyl (C=O) groups is 1. The van der Waals surface area contributed by atoms with Crippen molar-refractivity contribution in [3.8, 4) is 0 Å². The highest BCUT2D eigenvalue weighted by molar-refractivity contribution is 7.89. The van der Waals surface area contributed by atoms with Crippen LogP contribution >= 0.6 is 0 Å². The molecule has 1 saturated heterocycles. The average molecular weight is 354 g/mol. The van der Waals surface area contributed by atoms with Gasteiger partial charge in [-0.15, -0.1) is 0 Å². The van der Waals surface area contributed by atoms with Crippen molar-refractivity contribution in [1.82, 2.24) is 9.62 Å². The maximum Gasteiger partial charge on any atom is 0.254 e. The van der Waals surface area contributed by atoms with Crippen LogP contribution in [0.2, 0.25) is 0 Å². The van der Waals surface area contributed by atoms with E-state index in [0.717, 1.165) is 37.9 Å². The number of nitrogens with one attached hydrogen (secondary N) is 1. The van der Waals surface area contributed by atoms with Gasteiger partial charge in [0, 0.05) is 31.8 Å². The third-order valence-corrected chi connectivity index (χ3v) is 5.75. The molecule has 1 aromatic carbocycles. The molecule has 24 heavy (non-hydrogen) atoms. The number of sulfonamides is 1. The van der Waals surface area contributed by atoms with Gasteiger partial charge in [0.2, 0.25) is 10.0 Å². The lowest BCUT2D eigenvalue weighted by Gasteiger charge is -2.27. The number of ether oxygens (including phenoxy) is 1. The fourth-order valence-corrected chi connectivity index (χ4v) is 4.14. The van der Waals surface area contributed by atoms with Gasteiger partial charge in [0.25, 0.3) is 5.91 Å². The topological polar surface area (TPSA) is 75.7 Å². The molecule has 1 N–H and O–H groups in total. The van der Waals surface area contributed by atoms with Crippen LogP contribution in [0.3, 0.4) is 0 Å². The highest BCUT2D eigenvalue weighted by Crippen LogP contribution is 2.20. The summed E-state index contributed by atoms with van der Waals surface area (Å²) < 4.78 is 32.5. The van der Waals surface area contributed by atoms with E-state index < -0.39 is 10.0 Å². The smallest absolute Gasteiger partial charge is 0.254 e. The van der Waals surface area contributed by atoms with Gasteiger partial charge in [0.15, 0.2) is 0 Å². The predicted molar refractivity (Wildman–Crippen MR) is 92.6 cm³/mol. The molecule has 0 saturated carbocycles. The Balaban J connectivity index is 2.25. The first kappa shape index (κ1) is 18.9. The minimum absolute atomic E-state index is 0.0887. The quantitative estimate of drug-likeness (QED) is 0.847. The SMILES string of the molecule is COC[C@@H](C)NS(=O)(=O)c1ccc(C)c(C(=O)N2CCCCC2)c1.